The molecular weight excluding hydrogens is 243 g/mol. The highest BCUT2D eigenvalue weighted by atomic mass is 32.2. The maximum atomic E-state index is 13.2. The summed E-state index contributed by atoms with van der Waals surface area (Å²) in [7, 11) is -2.14. The monoisotopic (exact) mass is 260 g/mol. The van der Waals surface area contributed by atoms with E-state index in [2.05, 4.69) is 0 Å². The summed E-state index contributed by atoms with van der Waals surface area (Å²) in [5.74, 6) is -0.603. The van der Waals surface area contributed by atoms with E-state index in [4.69, 9.17) is 5.73 Å². The van der Waals surface area contributed by atoms with Gasteiger partial charge in [-0.25, -0.2) is 12.8 Å². The van der Waals surface area contributed by atoms with Gasteiger partial charge in [0, 0.05) is 13.1 Å². The third kappa shape index (κ3) is 2.58. The van der Waals surface area contributed by atoms with Crippen molar-refractivity contribution in [1.29, 1.82) is 0 Å². The number of aryl methyl sites for hydroxylation is 1. The van der Waals surface area contributed by atoms with Gasteiger partial charge in [0.25, 0.3) is 0 Å². The summed E-state index contributed by atoms with van der Waals surface area (Å²) in [4.78, 5) is 0.0487. The second-order valence-electron chi connectivity index (χ2n) is 4.25. The average molecular weight is 260 g/mol. The van der Waals surface area contributed by atoms with Crippen LogP contribution in [0.4, 0.5) is 10.1 Å². The Morgan fingerprint density at radius 2 is 1.88 bits per heavy atom. The lowest BCUT2D eigenvalue weighted by atomic mass is 10.2. The van der Waals surface area contributed by atoms with Crippen molar-refractivity contribution in [1.82, 2.24) is 4.31 Å². The average Bonchev–Trinajstić information content (AvgIpc) is 2.21. The standard InChI is InChI=1S/C11H17FN2O2S/c1-7(2)14(4)17(15,16)11-6-10(13)9(12)5-8(11)3/h5-7H,13H2,1-4H3. The molecule has 1 aromatic rings. The van der Waals surface area contributed by atoms with Crippen LogP contribution in [0.15, 0.2) is 17.0 Å². The van der Waals surface area contributed by atoms with Gasteiger partial charge in [-0.1, -0.05) is 0 Å². The molecule has 0 bridgehead atoms. The Morgan fingerprint density at radius 3 is 2.35 bits per heavy atom. The molecule has 0 atom stereocenters. The number of hydrogen-bond acceptors (Lipinski definition) is 3. The summed E-state index contributed by atoms with van der Waals surface area (Å²) in [6, 6.07) is 2.13. The van der Waals surface area contributed by atoms with Crippen molar-refractivity contribution in [2.24, 2.45) is 0 Å². The molecule has 1 aromatic carbocycles. The van der Waals surface area contributed by atoms with Crippen LogP contribution in [-0.2, 0) is 10.0 Å². The number of nitrogen functional groups attached to an aromatic ring is 1. The molecule has 4 nitrogen and oxygen atoms in total. The summed E-state index contributed by atoms with van der Waals surface area (Å²) in [5, 5.41) is 0. The van der Waals surface area contributed by atoms with E-state index in [-0.39, 0.29) is 16.6 Å². The molecule has 0 saturated carbocycles. The van der Waals surface area contributed by atoms with E-state index in [9.17, 15) is 12.8 Å². The van der Waals surface area contributed by atoms with Crippen molar-refractivity contribution in [3.8, 4) is 0 Å². The Balaban J connectivity index is 3.39. The Hall–Kier alpha value is -1.14. The van der Waals surface area contributed by atoms with Gasteiger partial charge in [0.15, 0.2) is 0 Å². The van der Waals surface area contributed by atoms with Crippen LogP contribution in [0.5, 0.6) is 0 Å². The lowest BCUT2D eigenvalue weighted by Crippen LogP contribution is -2.33. The van der Waals surface area contributed by atoms with Crippen LogP contribution < -0.4 is 5.73 Å². The number of anilines is 1. The molecular formula is C11H17FN2O2S. The lowest BCUT2D eigenvalue weighted by Gasteiger charge is -2.22. The van der Waals surface area contributed by atoms with Crippen molar-refractivity contribution >= 4 is 15.7 Å². The highest BCUT2D eigenvalue weighted by Gasteiger charge is 2.25. The Bertz CT molecular complexity index is 527. The number of benzene rings is 1. The van der Waals surface area contributed by atoms with Crippen LogP contribution in [0.3, 0.4) is 0 Å². The molecule has 0 amide bonds. The second-order valence-corrected chi connectivity index (χ2v) is 6.22. The van der Waals surface area contributed by atoms with Crippen molar-refractivity contribution < 1.29 is 12.8 Å². The van der Waals surface area contributed by atoms with Crippen LogP contribution in [0.25, 0.3) is 0 Å². The molecule has 0 radical (unpaired) electrons. The zero-order chi connectivity index (χ0) is 13.4. The van der Waals surface area contributed by atoms with Crippen molar-refractivity contribution in [3.63, 3.8) is 0 Å². The predicted octanol–water partition coefficient (Wildman–Crippen LogP) is 1.75. The van der Waals surface area contributed by atoms with E-state index in [0.29, 0.717) is 5.56 Å². The number of rotatable bonds is 3. The van der Waals surface area contributed by atoms with E-state index < -0.39 is 15.8 Å². The second kappa shape index (κ2) is 4.62. The van der Waals surface area contributed by atoms with Crippen molar-refractivity contribution in [3.05, 3.63) is 23.5 Å². The van der Waals surface area contributed by atoms with Gasteiger partial charge in [-0.2, -0.15) is 4.31 Å². The topological polar surface area (TPSA) is 63.4 Å². The number of halogens is 1. The van der Waals surface area contributed by atoms with Gasteiger partial charge in [0.05, 0.1) is 10.6 Å². The van der Waals surface area contributed by atoms with Gasteiger partial charge in [-0.15, -0.1) is 0 Å². The predicted molar refractivity (Wildman–Crippen MR) is 65.6 cm³/mol. The SMILES string of the molecule is Cc1cc(F)c(N)cc1S(=O)(=O)N(C)C(C)C. The third-order valence-corrected chi connectivity index (χ3v) is 4.85. The molecule has 0 aromatic heterocycles. The first kappa shape index (κ1) is 13.9. The first-order valence-electron chi connectivity index (χ1n) is 5.21. The van der Waals surface area contributed by atoms with Crippen molar-refractivity contribution in [2.45, 2.75) is 31.7 Å². The molecule has 0 aliphatic rings. The molecule has 1 rings (SSSR count). The highest BCUT2D eigenvalue weighted by Crippen LogP contribution is 2.24. The maximum absolute atomic E-state index is 13.2. The fourth-order valence-corrected chi connectivity index (χ4v) is 2.99. The van der Waals surface area contributed by atoms with Crippen molar-refractivity contribution in [2.75, 3.05) is 12.8 Å². The van der Waals surface area contributed by atoms with Crippen LogP contribution >= 0.6 is 0 Å². The zero-order valence-corrected chi connectivity index (χ0v) is 11.2. The molecule has 96 valence electrons. The molecule has 0 aliphatic carbocycles. The first-order chi connectivity index (χ1) is 7.67. The van der Waals surface area contributed by atoms with E-state index in [1.54, 1.807) is 20.8 Å². The largest absolute Gasteiger partial charge is 0.396 e. The quantitative estimate of drug-likeness (QED) is 0.842. The van der Waals surface area contributed by atoms with Crippen LogP contribution in [-0.4, -0.2) is 25.8 Å². The highest BCUT2D eigenvalue weighted by molar-refractivity contribution is 7.89. The van der Waals surface area contributed by atoms with Crippen LogP contribution in [0, 0.1) is 12.7 Å². The smallest absolute Gasteiger partial charge is 0.243 e. The first-order valence-corrected chi connectivity index (χ1v) is 6.65. The van der Waals surface area contributed by atoms with Crippen LogP contribution in [0.2, 0.25) is 0 Å². The molecule has 0 aliphatic heterocycles. The number of sulfonamides is 1. The van der Waals surface area contributed by atoms with E-state index in [1.165, 1.54) is 17.4 Å². The maximum Gasteiger partial charge on any atom is 0.243 e. The molecule has 0 fully saturated rings. The minimum atomic E-state index is -3.62. The lowest BCUT2D eigenvalue weighted by molar-refractivity contribution is 0.410. The third-order valence-electron chi connectivity index (χ3n) is 2.68. The van der Waals surface area contributed by atoms with E-state index >= 15 is 0 Å². The summed E-state index contributed by atoms with van der Waals surface area (Å²) in [6.07, 6.45) is 0. The Kier molecular flexibility index (Phi) is 3.78. The Morgan fingerprint density at radius 1 is 1.35 bits per heavy atom. The molecule has 17 heavy (non-hydrogen) atoms. The van der Waals surface area contributed by atoms with Gasteiger partial charge >= 0.3 is 0 Å². The molecule has 0 saturated heterocycles. The normalized spacial score (nSPS) is 12.4. The zero-order valence-electron chi connectivity index (χ0n) is 10.4. The minimum absolute atomic E-state index is 0.0487. The van der Waals surface area contributed by atoms with Gasteiger partial charge in [0.2, 0.25) is 10.0 Å². The van der Waals surface area contributed by atoms with Crippen LogP contribution in [0.1, 0.15) is 19.4 Å². The summed E-state index contributed by atoms with van der Waals surface area (Å²) < 4.78 is 38.8. The van der Waals surface area contributed by atoms with Gasteiger partial charge in [-0.05, 0) is 38.5 Å². The molecule has 0 heterocycles. The number of hydrogen-bond donors (Lipinski definition) is 1. The fourth-order valence-electron chi connectivity index (χ4n) is 1.38. The minimum Gasteiger partial charge on any atom is -0.396 e. The fraction of sp³-hybridized carbons (Fsp3) is 0.455. The molecule has 0 unspecified atom stereocenters. The Labute approximate surface area is 101 Å². The van der Waals surface area contributed by atoms with E-state index in [1.807, 2.05) is 0 Å². The number of nitrogens with zero attached hydrogens (tertiary/aromatic N) is 1. The summed E-state index contributed by atoms with van der Waals surface area (Å²) in [5.41, 5.74) is 5.59. The summed E-state index contributed by atoms with van der Waals surface area (Å²) >= 11 is 0. The van der Waals surface area contributed by atoms with Gasteiger partial charge in [-0.3, -0.25) is 0 Å². The molecule has 2 N–H and O–H groups in total. The number of nitrogens with two attached hydrogens (primary N) is 1. The van der Waals surface area contributed by atoms with E-state index in [0.717, 1.165) is 6.07 Å². The molecule has 0 spiro atoms. The summed E-state index contributed by atoms with van der Waals surface area (Å²) in [6.45, 7) is 5.07. The van der Waals surface area contributed by atoms with Gasteiger partial charge in [0.1, 0.15) is 5.82 Å². The van der Waals surface area contributed by atoms with Gasteiger partial charge < -0.3 is 5.73 Å². The molecule has 6 heteroatoms.